The molecule has 3 rings (SSSR count). The van der Waals surface area contributed by atoms with Crippen molar-refractivity contribution < 1.29 is 36.3 Å². The molecule has 1 heterocycles. The zero-order valence-electron chi connectivity index (χ0n) is 13.5. The van der Waals surface area contributed by atoms with Crippen LogP contribution in [0.15, 0.2) is 47.4 Å². The SMILES string of the molecule is O=C(CCC(=O)c1ccc2c(c1)SC(F)(F)C(F)(F)O2)c1ccc(F)cc1. The molecule has 0 unspecified atom stereocenters. The van der Waals surface area contributed by atoms with E-state index < -0.39 is 28.7 Å². The minimum absolute atomic E-state index is 0.00206. The van der Waals surface area contributed by atoms with Crippen LogP contribution in [0.1, 0.15) is 33.6 Å². The van der Waals surface area contributed by atoms with Gasteiger partial charge in [-0.1, -0.05) is 0 Å². The average Bonchev–Trinajstić information content (AvgIpc) is 2.60. The topological polar surface area (TPSA) is 43.4 Å². The first-order chi connectivity index (χ1) is 12.6. The summed E-state index contributed by atoms with van der Waals surface area (Å²) in [6, 6.07) is 8.03. The van der Waals surface area contributed by atoms with E-state index in [2.05, 4.69) is 4.74 Å². The van der Waals surface area contributed by atoms with Gasteiger partial charge in [-0.3, -0.25) is 9.59 Å². The summed E-state index contributed by atoms with van der Waals surface area (Å²) in [6.45, 7) is 0. The standard InChI is InChI=1S/C18H11F5O3S/c19-12-4-1-10(2-5-12)13(24)6-7-14(25)11-3-8-15-16(9-11)27-18(22,23)17(20,21)26-15/h1-5,8-9H,6-7H2. The molecule has 2 aromatic rings. The second kappa shape index (κ2) is 6.95. The van der Waals surface area contributed by atoms with Gasteiger partial charge in [-0.05, 0) is 54.2 Å². The molecule has 0 aromatic heterocycles. The molecule has 0 bridgehead atoms. The first-order valence-electron chi connectivity index (χ1n) is 7.69. The van der Waals surface area contributed by atoms with Crippen LogP contribution >= 0.6 is 11.8 Å². The van der Waals surface area contributed by atoms with Gasteiger partial charge in [0, 0.05) is 24.0 Å². The summed E-state index contributed by atoms with van der Waals surface area (Å²) in [5, 5.41) is -4.47. The third kappa shape index (κ3) is 3.97. The van der Waals surface area contributed by atoms with Crippen molar-refractivity contribution in [2.75, 3.05) is 0 Å². The van der Waals surface area contributed by atoms with E-state index in [0.29, 0.717) is 0 Å². The van der Waals surface area contributed by atoms with Crippen LogP contribution in [0.3, 0.4) is 0 Å². The van der Waals surface area contributed by atoms with Crippen LogP contribution in [-0.2, 0) is 0 Å². The molecule has 0 atom stereocenters. The first-order valence-corrected chi connectivity index (χ1v) is 8.50. The molecule has 0 saturated carbocycles. The largest absolute Gasteiger partial charge is 0.475 e. The van der Waals surface area contributed by atoms with Gasteiger partial charge in [0.15, 0.2) is 11.6 Å². The lowest BCUT2D eigenvalue weighted by atomic mass is 10.0. The molecule has 0 N–H and O–H groups in total. The number of ether oxygens (including phenoxy) is 1. The summed E-state index contributed by atoms with van der Waals surface area (Å²) in [7, 11) is 0. The number of alkyl halides is 4. The third-order valence-electron chi connectivity index (χ3n) is 3.83. The van der Waals surface area contributed by atoms with Crippen molar-refractivity contribution >= 4 is 23.3 Å². The number of hydrogen-bond donors (Lipinski definition) is 0. The van der Waals surface area contributed by atoms with Gasteiger partial charge in [0.2, 0.25) is 0 Å². The van der Waals surface area contributed by atoms with E-state index >= 15 is 0 Å². The van der Waals surface area contributed by atoms with E-state index in [4.69, 9.17) is 0 Å². The van der Waals surface area contributed by atoms with Gasteiger partial charge in [0.25, 0.3) is 0 Å². The van der Waals surface area contributed by atoms with E-state index in [1.165, 1.54) is 18.2 Å². The smallest absolute Gasteiger partial charge is 0.426 e. The Kier molecular flexibility index (Phi) is 4.98. The maximum Gasteiger partial charge on any atom is 0.475 e. The van der Waals surface area contributed by atoms with E-state index in [0.717, 1.165) is 24.3 Å². The molecule has 0 fully saturated rings. The van der Waals surface area contributed by atoms with Crippen LogP contribution in [-0.4, -0.2) is 22.9 Å². The summed E-state index contributed by atoms with van der Waals surface area (Å²) in [4.78, 5) is 23.9. The number of benzene rings is 2. The molecule has 3 nitrogen and oxygen atoms in total. The molecule has 0 aliphatic carbocycles. The van der Waals surface area contributed by atoms with Crippen molar-refractivity contribution in [2.24, 2.45) is 0 Å². The highest BCUT2D eigenvalue weighted by Crippen LogP contribution is 2.54. The predicted octanol–water partition coefficient (Wildman–Crippen LogP) is 5.34. The molecule has 9 heteroatoms. The molecule has 27 heavy (non-hydrogen) atoms. The van der Waals surface area contributed by atoms with E-state index in [-0.39, 0.29) is 46.4 Å². The van der Waals surface area contributed by atoms with Crippen molar-refractivity contribution in [2.45, 2.75) is 29.1 Å². The van der Waals surface area contributed by atoms with Crippen LogP contribution in [0, 0.1) is 5.82 Å². The highest BCUT2D eigenvalue weighted by Gasteiger charge is 2.63. The number of thioether (sulfide) groups is 1. The Morgan fingerprint density at radius 2 is 1.44 bits per heavy atom. The Balaban J connectivity index is 1.69. The Morgan fingerprint density at radius 3 is 2.07 bits per heavy atom. The minimum atomic E-state index is -4.65. The van der Waals surface area contributed by atoms with Gasteiger partial charge in [0.05, 0.1) is 4.90 Å². The quantitative estimate of drug-likeness (QED) is 0.500. The monoisotopic (exact) mass is 402 g/mol. The number of hydrogen-bond acceptors (Lipinski definition) is 4. The van der Waals surface area contributed by atoms with Crippen molar-refractivity contribution in [1.29, 1.82) is 0 Å². The van der Waals surface area contributed by atoms with Crippen LogP contribution < -0.4 is 4.74 Å². The zero-order valence-corrected chi connectivity index (χ0v) is 14.3. The first kappa shape index (κ1) is 19.3. The van der Waals surface area contributed by atoms with Crippen LogP contribution in [0.2, 0.25) is 0 Å². The number of fused-ring (bicyclic) bond motifs is 1. The fourth-order valence-electron chi connectivity index (χ4n) is 2.39. The molecule has 1 aliphatic rings. The molecule has 0 radical (unpaired) electrons. The summed E-state index contributed by atoms with van der Waals surface area (Å²) < 4.78 is 70.1. The number of rotatable bonds is 5. The minimum Gasteiger partial charge on any atom is -0.426 e. The van der Waals surface area contributed by atoms with Crippen molar-refractivity contribution in [3.8, 4) is 5.75 Å². The fourth-order valence-corrected chi connectivity index (χ4v) is 3.22. The Bertz CT molecular complexity index is 896. The molecular weight excluding hydrogens is 391 g/mol. The fraction of sp³-hybridized carbons (Fsp3) is 0.222. The summed E-state index contributed by atoms with van der Waals surface area (Å²) in [5.74, 6) is -1.85. The molecule has 0 spiro atoms. The third-order valence-corrected chi connectivity index (χ3v) is 4.86. The van der Waals surface area contributed by atoms with E-state index in [1.54, 1.807) is 0 Å². The van der Waals surface area contributed by atoms with Crippen LogP contribution in [0.5, 0.6) is 5.75 Å². The van der Waals surface area contributed by atoms with Gasteiger partial charge >= 0.3 is 11.4 Å². The Labute approximate surface area is 154 Å². The lowest BCUT2D eigenvalue weighted by Crippen LogP contribution is -2.45. The molecule has 2 aromatic carbocycles. The summed E-state index contributed by atoms with van der Waals surface area (Å²) in [5.41, 5.74) is 0.234. The molecular formula is C18H11F5O3S. The van der Waals surface area contributed by atoms with Gasteiger partial charge in [-0.25, -0.2) is 4.39 Å². The Morgan fingerprint density at radius 1 is 0.889 bits per heavy atom. The predicted molar refractivity (Wildman–Crippen MR) is 87.1 cm³/mol. The number of ketones is 2. The van der Waals surface area contributed by atoms with Gasteiger partial charge in [0.1, 0.15) is 11.6 Å². The van der Waals surface area contributed by atoms with Crippen LogP contribution in [0.25, 0.3) is 0 Å². The van der Waals surface area contributed by atoms with Crippen LogP contribution in [0.4, 0.5) is 22.0 Å². The normalized spacial score (nSPS) is 16.9. The van der Waals surface area contributed by atoms with Gasteiger partial charge in [-0.15, -0.1) is 0 Å². The summed E-state index contributed by atoms with van der Waals surface area (Å²) >= 11 is -0.388. The molecule has 1 aliphatic heterocycles. The van der Waals surface area contributed by atoms with Crippen molar-refractivity contribution in [3.63, 3.8) is 0 Å². The highest BCUT2D eigenvalue weighted by atomic mass is 32.2. The van der Waals surface area contributed by atoms with Gasteiger partial charge in [-0.2, -0.15) is 17.6 Å². The second-order valence-corrected chi connectivity index (χ2v) is 6.91. The van der Waals surface area contributed by atoms with Gasteiger partial charge < -0.3 is 4.74 Å². The second-order valence-electron chi connectivity index (χ2n) is 5.75. The number of carbonyl (C=O) groups is 2. The highest BCUT2D eigenvalue weighted by molar-refractivity contribution is 8.00. The Hall–Kier alpha value is -2.42. The molecule has 142 valence electrons. The van der Waals surface area contributed by atoms with Crippen molar-refractivity contribution in [3.05, 3.63) is 59.4 Å². The van der Waals surface area contributed by atoms with E-state index in [1.807, 2.05) is 0 Å². The summed E-state index contributed by atoms with van der Waals surface area (Å²) in [6.07, 6.45) is -5.04. The lowest BCUT2D eigenvalue weighted by Gasteiger charge is -2.31. The lowest BCUT2D eigenvalue weighted by molar-refractivity contribution is -0.273. The number of Topliss-reactive ketones (excluding diaryl/α,β-unsaturated/α-hetero) is 2. The molecule has 0 saturated heterocycles. The maximum atomic E-state index is 13.4. The zero-order chi connectivity index (χ0) is 19.8. The van der Waals surface area contributed by atoms with E-state index in [9.17, 15) is 31.5 Å². The number of carbonyl (C=O) groups excluding carboxylic acids is 2. The average molecular weight is 402 g/mol. The number of halogens is 5. The maximum absolute atomic E-state index is 13.4. The molecule has 0 amide bonds. The van der Waals surface area contributed by atoms with Crippen molar-refractivity contribution in [1.82, 2.24) is 0 Å².